The van der Waals surface area contributed by atoms with E-state index in [2.05, 4.69) is 10.3 Å². The number of rotatable bonds is 1. The Bertz CT molecular complexity index is 420. The fraction of sp³-hybridized carbons (Fsp3) is 0.600. The number of hydrogen-bond acceptors (Lipinski definition) is 3. The van der Waals surface area contributed by atoms with Gasteiger partial charge >= 0.3 is 0 Å². The first-order valence-corrected chi connectivity index (χ1v) is 5.20. The van der Waals surface area contributed by atoms with E-state index in [1.165, 1.54) is 12.8 Å². The summed E-state index contributed by atoms with van der Waals surface area (Å²) >= 11 is 0. The Morgan fingerprint density at radius 2 is 2.36 bits per heavy atom. The van der Waals surface area contributed by atoms with Crippen molar-refractivity contribution < 1.29 is 0 Å². The summed E-state index contributed by atoms with van der Waals surface area (Å²) in [7, 11) is 0. The highest BCUT2D eigenvalue weighted by atomic mass is 16.1. The number of hydrogen-bond donors (Lipinski definition) is 1. The molecule has 1 aliphatic heterocycles. The Morgan fingerprint density at radius 1 is 1.50 bits per heavy atom. The lowest BCUT2D eigenvalue weighted by Crippen LogP contribution is -2.30. The van der Waals surface area contributed by atoms with Gasteiger partial charge in [0.2, 0.25) is 5.95 Å². The van der Waals surface area contributed by atoms with Crippen LogP contribution in [0, 0.1) is 0 Å². The van der Waals surface area contributed by atoms with Gasteiger partial charge in [0, 0.05) is 25.1 Å². The van der Waals surface area contributed by atoms with Crippen molar-refractivity contribution in [3.8, 4) is 0 Å². The van der Waals surface area contributed by atoms with E-state index >= 15 is 0 Å². The van der Waals surface area contributed by atoms with Gasteiger partial charge in [-0.15, -0.1) is 0 Å². The standard InChI is InChI=1S/C10H13N3O/c14-9-6-8(7-2-3-7)12-10-11-4-1-5-13(9)10/h6-7H,1-5H2,(H,11,12). The summed E-state index contributed by atoms with van der Waals surface area (Å²) in [5, 5.41) is 3.18. The van der Waals surface area contributed by atoms with Gasteiger partial charge in [-0.25, -0.2) is 4.98 Å². The van der Waals surface area contributed by atoms with E-state index in [-0.39, 0.29) is 5.56 Å². The molecule has 74 valence electrons. The summed E-state index contributed by atoms with van der Waals surface area (Å²) < 4.78 is 1.73. The Morgan fingerprint density at radius 3 is 3.14 bits per heavy atom. The first kappa shape index (κ1) is 8.03. The quantitative estimate of drug-likeness (QED) is 0.718. The van der Waals surface area contributed by atoms with Crippen LogP contribution in [0.5, 0.6) is 0 Å². The van der Waals surface area contributed by atoms with Crippen LogP contribution in [0.4, 0.5) is 5.95 Å². The molecule has 0 amide bonds. The predicted molar refractivity (Wildman–Crippen MR) is 53.6 cm³/mol. The molecule has 0 radical (unpaired) electrons. The maximum absolute atomic E-state index is 11.7. The van der Waals surface area contributed by atoms with Crippen LogP contribution >= 0.6 is 0 Å². The Balaban J connectivity index is 2.11. The first-order valence-electron chi connectivity index (χ1n) is 5.20. The second-order valence-corrected chi connectivity index (χ2v) is 4.05. The van der Waals surface area contributed by atoms with Crippen LogP contribution in [0.1, 0.15) is 30.9 Å². The first-order chi connectivity index (χ1) is 6.84. The van der Waals surface area contributed by atoms with Gasteiger partial charge in [-0.05, 0) is 19.3 Å². The zero-order valence-electron chi connectivity index (χ0n) is 7.99. The zero-order chi connectivity index (χ0) is 9.54. The molecular formula is C10H13N3O. The van der Waals surface area contributed by atoms with Crippen LogP contribution in [0.25, 0.3) is 0 Å². The normalized spacial score (nSPS) is 20.0. The van der Waals surface area contributed by atoms with Crippen molar-refractivity contribution in [3.63, 3.8) is 0 Å². The molecule has 4 heteroatoms. The third kappa shape index (κ3) is 1.22. The number of fused-ring (bicyclic) bond motifs is 1. The van der Waals surface area contributed by atoms with E-state index < -0.39 is 0 Å². The average Bonchev–Trinajstić information content (AvgIpc) is 3.01. The van der Waals surface area contributed by atoms with Crippen molar-refractivity contribution in [1.29, 1.82) is 0 Å². The van der Waals surface area contributed by atoms with E-state index in [4.69, 9.17) is 0 Å². The topological polar surface area (TPSA) is 46.9 Å². The molecule has 0 unspecified atom stereocenters. The molecule has 1 aromatic heterocycles. The van der Waals surface area contributed by atoms with Crippen LogP contribution in [-0.2, 0) is 6.54 Å². The third-order valence-corrected chi connectivity index (χ3v) is 2.87. The smallest absolute Gasteiger partial charge is 0.255 e. The molecule has 0 atom stereocenters. The SMILES string of the molecule is O=c1cc(C2CC2)nc2n1CCCN2. The van der Waals surface area contributed by atoms with E-state index in [0.29, 0.717) is 5.92 Å². The molecule has 1 saturated carbocycles. The molecule has 14 heavy (non-hydrogen) atoms. The summed E-state index contributed by atoms with van der Waals surface area (Å²) in [6, 6.07) is 1.70. The molecule has 4 nitrogen and oxygen atoms in total. The molecule has 0 saturated heterocycles. The molecular weight excluding hydrogens is 178 g/mol. The molecule has 2 heterocycles. The fourth-order valence-corrected chi connectivity index (χ4v) is 1.90. The highest BCUT2D eigenvalue weighted by molar-refractivity contribution is 5.31. The third-order valence-electron chi connectivity index (χ3n) is 2.87. The van der Waals surface area contributed by atoms with Crippen molar-refractivity contribution in [3.05, 3.63) is 22.1 Å². The van der Waals surface area contributed by atoms with Crippen LogP contribution < -0.4 is 10.9 Å². The summed E-state index contributed by atoms with van der Waals surface area (Å²) in [6.07, 6.45) is 3.39. The number of aromatic nitrogens is 2. The number of nitrogens with zero attached hydrogens (tertiary/aromatic N) is 2. The summed E-state index contributed by atoms with van der Waals surface area (Å²) in [5.41, 5.74) is 1.08. The molecule has 3 rings (SSSR count). The highest BCUT2D eigenvalue weighted by Gasteiger charge is 2.26. The minimum atomic E-state index is 0.101. The molecule has 1 aliphatic carbocycles. The molecule has 0 aromatic carbocycles. The molecule has 1 fully saturated rings. The summed E-state index contributed by atoms with van der Waals surface area (Å²) in [4.78, 5) is 16.2. The van der Waals surface area contributed by atoms with Gasteiger partial charge in [-0.1, -0.05) is 0 Å². The van der Waals surface area contributed by atoms with E-state index in [1.54, 1.807) is 10.6 Å². The van der Waals surface area contributed by atoms with E-state index in [0.717, 1.165) is 31.2 Å². The van der Waals surface area contributed by atoms with Crippen molar-refractivity contribution in [2.24, 2.45) is 0 Å². The lowest BCUT2D eigenvalue weighted by atomic mass is 10.2. The van der Waals surface area contributed by atoms with E-state index in [9.17, 15) is 4.79 Å². The molecule has 2 aliphatic rings. The maximum atomic E-state index is 11.7. The monoisotopic (exact) mass is 191 g/mol. The predicted octanol–water partition coefficient (Wildman–Crippen LogP) is 0.936. The highest BCUT2D eigenvalue weighted by Crippen LogP contribution is 2.38. The van der Waals surface area contributed by atoms with Crippen molar-refractivity contribution in [1.82, 2.24) is 9.55 Å². The van der Waals surface area contributed by atoms with Gasteiger partial charge in [0.1, 0.15) is 0 Å². The van der Waals surface area contributed by atoms with Gasteiger partial charge in [0.25, 0.3) is 5.56 Å². The van der Waals surface area contributed by atoms with Gasteiger partial charge in [0.05, 0.1) is 5.69 Å². The Hall–Kier alpha value is -1.32. The van der Waals surface area contributed by atoms with Gasteiger partial charge in [0.15, 0.2) is 0 Å². The summed E-state index contributed by atoms with van der Waals surface area (Å²) in [5.74, 6) is 1.32. The largest absolute Gasteiger partial charge is 0.355 e. The average molecular weight is 191 g/mol. The Kier molecular flexibility index (Phi) is 1.63. The fourth-order valence-electron chi connectivity index (χ4n) is 1.90. The lowest BCUT2D eigenvalue weighted by molar-refractivity contribution is 0.592. The van der Waals surface area contributed by atoms with Crippen molar-refractivity contribution in [2.45, 2.75) is 31.7 Å². The minimum Gasteiger partial charge on any atom is -0.355 e. The number of nitrogens with one attached hydrogen (secondary N) is 1. The van der Waals surface area contributed by atoms with Crippen LogP contribution in [-0.4, -0.2) is 16.1 Å². The molecule has 0 spiro atoms. The van der Waals surface area contributed by atoms with Crippen molar-refractivity contribution in [2.75, 3.05) is 11.9 Å². The van der Waals surface area contributed by atoms with Crippen LogP contribution in [0.15, 0.2) is 10.9 Å². The van der Waals surface area contributed by atoms with E-state index in [1.807, 2.05) is 0 Å². The second kappa shape index (κ2) is 2.83. The zero-order valence-corrected chi connectivity index (χ0v) is 7.99. The van der Waals surface area contributed by atoms with Gasteiger partial charge in [-0.3, -0.25) is 9.36 Å². The second-order valence-electron chi connectivity index (χ2n) is 4.05. The minimum absolute atomic E-state index is 0.101. The lowest BCUT2D eigenvalue weighted by Gasteiger charge is -2.19. The molecule has 1 aromatic rings. The number of anilines is 1. The summed E-state index contributed by atoms with van der Waals surface area (Å²) in [6.45, 7) is 1.74. The van der Waals surface area contributed by atoms with Crippen LogP contribution in [0.3, 0.4) is 0 Å². The van der Waals surface area contributed by atoms with Gasteiger partial charge in [-0.2, -0.15) is 0 Å². The molecule has 0 bridgehead atoms. The maximum Gasteiger partial charge on any atom is 0.255 e. The Labute approximate surface area is 82.0 Å². The van der Waals surface area contributed by atoms with Crippen molar-refractivity contribution >= 4 is 5.95 Å². The molecule has 1 N–H and O–H groups in total. The van der Waals surface area contributed by atoms with Crippen LogP contribution in [0.2, 0.25) is 0 Å². The van der Waals surface area contributed by atoms with Gasteiger partial charge < -0.3 is 5.32 Å².